The molecule has 1 saturated heterocycles. The molecule has 1 aliphatic rings. The van der Waals surface area contributed by atoms with Gasteiger partial charge in [0.1, 0.15) is 5.75 Å². The van der Waals surface area contributed by atoms with Gasteiger partial charge in [-0.2, -0.15) is 4.37 Å². The number of ether oxygens (including phenoxy) is 2. The summed E-state index contributed by atoms with van der Waals surface area (Å²) in [6.07, 6.45) is 0. The Morgan fingerprint density at radius 3 is 2.67 bits per heavy atom. The van der Waals surface area contributed by atoms with Crippen molar-refractivity contribution in [3.63, 3.8) is 0 Å². The first-order chi connectivity index (χ1) is 8.93. The number of hydrogen-bond donors (Lipinski definition) is 0. The van der Waals surface area contributed by atoms with Gasteiger partial charge in [0.25, 0.3) is 5.88 Å². The summed E-state index contributed by atoms with van der Waals surface area (Å²) in [6.45, 7) is 3.11. The lowest BCUT2D eigenvalue weighted by Gasteiger charge is -2.26. The normalized spacial score (nSPS) is 15.7. The molecule has 1 aliphatic heterocycles. The smallest absolute Gasteiger partial charge is 0.276 e. The third-order valence-corrected chi connectivity index (χ3v) is 3.21. The molecule has 1 aromatic heterocycles. The molecule has 1 fully saturated rings. The molecule has 6 heteroatoms. The monoisotopic (exact) mass is 263 g/mol. The van der Waals surface area contributed by atoms with E-state index in [1.54, 1.807) is 0 Å². The van der Waals surface area contributed by atoms with Gasteiger partial charge in [-0.3, -0.25) is 0 Å². The van der Waals surface area contributed by atoms with E-state index in [0.29, 0.717) is 5.88 Å². The van der Waals surface area contributed by atoms with E-state index in [0.717, 1.165) is 37.9 Å². The van der Waals surface area contributed by atoms with Crippen LogP contribution in [0.2, 0.25) is 0 Å². The summed E-state index contributed by atoms with van der Waals surface area (Å²) >= 11 is 1.17. The Bertz CT molecular complexity index is 497. The van der Waals surface area contributed by atoms with Crippen molar-refractivity contribution in [2.75, 3.05) is 31.2 Å². The minimum Gasteiger partial charge on any atom is -0.435 e. The summed E-state index contributed by atoms with van der Waals surface area (Å²) in [5.41, 5.74) is 0. The van der Waals surface area contributed by atoms with E-state index in [1.807, 2.05) is 30.3 Å². The topological polar surface area (TPSA) is 47.5 Å². The van der Waals surface area contributed by atoms with Gasteiger partial charge in [0.2, 0.25) is 5.82 Å². The molecular weight excluding hydrogens is 250 g/mol. The van der Waals surface area contributed by atoms with Gasteiger partial charge in [-0.1, -0.05) is 18.2 Å². The number of benzene rings is 1. The van der Waals surface area contributed by atoms with Crippen LogP contribution in [-0.4, -0.2) is 35.1 Å². The quantitative estimate of drug-likeness (QED) is 0.849. The molecule has 2 aromatic rings. The van der Waals surface area contributed by atoms with Gasteiger partial charge in [0.05, 0.1) is 24.9 Å². The molecule has 0 saturated carbocycles. The Labute approximate surface area is 109 Å². The lowest BCUT2D eigenvalue weighted by atomic mass is 10.3. The van der Waals surface area contributed by atoms with E-state index in [4.69, 9.17) is 9.47 Å². The third kappa shape index (κ3) is 2.44. The number of anilines is 1. The highest BCUT2D eigenvalue weighted by Gasteiger charge is 2.20. The second-order valence-electron chi connectivity index (χ2n) is 3.91. The third-order valence-electron chi connectivity index (χ3n) is 2.71. The Hall–Kier alpha value is -1.66. The highest BCUT2D eigenvalue weighted by molar-refractivity contribution is 6.99. The Morgan fingerprint density at radius 1 is 1.11 bits per heavy atom. The molecule has 5 nitrogen and oxygen atoms in total. The van der Waals surface area contributed by atoms with E-state index >= 15 is 0 Å². The minimum atomic E-state index is 0.577. The largest absolute Gasteiger partial charge is 0.435 e. The summed E-state index contributed by atoms with van der Waals surface area (Å²) in [5.74, 6) is 2.17. The molecule has 0 spiro atoms. The number of morpholine rings is 1. The molecule has 2 heterocycles. The second kappa shape index (κ2) is 5.32. The zero-order valence-corrected chi connectivity index (χ0v) is 10.6. The van der Waals surface area contributed by atoms with Crippen LogP contribution in [0.1, 0.15) is 0 Å². The molecule has 0 atom stereocenters. The molecule has 0 amide bonds. The Balaban J connectivity index is 1.78. The lowest BCUT2D eigenvalue weighted by Crippen LogP contribution is -2.36. The van der Waals surface area contributed by atoms with Crippen LogP contribution in [0.4, 0.5) is 5.82 Å². The summed E-state index contributed by atoms with van der Waals surface area (Å²) in [7, 11) is 0. The molecule has 0 unspecified atom stereocenters. The van der Waals surface area contributed by atoms with Gasteiger partial charge < -0.3 is 14.4 Å². The van der Waals surface area contributed by atoms with Crippen LogP contribution in [-0.2, 0) is 4.74 Å². The molecule has 0 aliphatic carbocycles. The van der Waals surface area contributed by atoms with Crippen LogP contribution in [0.25, 0.3) is 0 Å². The van der Waals surface area contributed by atoms with Gasteiger partial charge in [-0.05, 0) is 12.1 Å². The first kappa shape index (κ1) is 11.4. The van der Waals surface area contributed by atoms with Gasteiger partial charge in [-0.15, -0.1) is 4.37 Å². The average Bonchev–Trinajstić information content (AvgIpc) is 2.89. The van der Waals surface area contributed by atoms with E-state index in [-0.39, 0.29) is 0 Å². The van der Waals surface area contributed by atoms with E-state index in [9.17, 15) is 0 Å². The molecular formula is C12H13N3O2S. The first-order valence-electron chi connectivity index (χ1n) is 5.81. The van der Waals surface area contributed by atoms with Gasteiger partial charge in [0.15, 0.2) is 0 Å². The van der Waals surface area contributed by atoms with Gasteiger partial charge in [0, 0.05) is 13.1 Å². The van der Waals surface area contributed by atoms with Crippen molar-refractivity contribution in [1.29, 1.82) is 0 Å². The van der Waals surface area contributed by atoms with Crippen LogP contribution in [0.3, 0.4) is 0 Å². The van der Waals surface area contributed by atoms with Crippen LogP contribution < -0.4 is 9.64 Å². The molecule has 3 rings (SSSR count). The average molecular weight is 263 g/mol. The number of hydrogen-bond acceptors (Lipinski definition) is 6. The summed E-state index contributed by atoms with van der Waals surface area (Å²) in [5, 5.41) is 0. The van der Waals surface area contributed by atoms with Crippen molar-refractivity contribution >= 4 is 17.5 Å². The van der Waals surface area contributed by atoms with Gasteiger partial charge in [-0.25, -0.2) is 0 Å². The molecule has 18 heavy (non-hydrogen) atoms. The zero-order chi connectivity index (χ0) is 12.2. The summed E-state index contributed by atoms with van der Waals surface area (Å²) < 4.78 is 19.6. The van der Waals surface area contributed by atoms with Crippen molar-refractivity contribution in [2.45, 2.75) is 0 Å². The predicted molar refractivity (Wildman–Crippen MR) is 69.5 cm³/mol. The highest BCUT2D eigenvalue weighted by Crippen LogP contribution is 2.30. The van der Waals surface area contributed by atoms with Gasteiger partial charge >= 0.3 is 0 Å². The standard InChI is InChI=1S/C12H13N3O2S/c1-2-4-10(5-3-1)17-12-11(13-18-14-12)15-6-8-16-9-7-15/h1-5H,6-9H2. The molecule has 0 bridgehead atoms. The van der Waals surface area contributed by atoms with Crippen molar-refractivity contribution in [1.82, 2.24) is 8.75 Å². The van der Waals surface area contributed by atoms with E-state index in [2.05, 4.69) is 13.6 Å². The first-order valence-corrected chi connectivity index (χ1v) is 6.55. The van der Waals surface area contributed by atoms with Crippen molar-refractivity contribution < 1.29 is 9.47 Å². The predicted octanol–water partition coefficient (Wildman–Crippen LogP) is 2.17. The molecule has 1 aromatic carbocycles. The number of aromatic nitrogens is 2. The fourth-order valence-corrected chi connectivity index (χ4v) is 2.31. The lowest BCUT2D eigenvalue weighted by molar-refractivity contribution is 0.122. The fourth-order valence-electron chi connectivity index (χ4n) is 1.81. The Kier molecular flexibility index (Phi) is 3.38. The summed E-state index contributed by atoms with van der Waals surface area (Å²) in [4.78, 5) is 2.14. The number of nitrogens with zero attached hydrogens (tertiary/aromatic N) is 3. The maximum absolute atomic E-state index is 5.76. The fraction of sp³-hybridized carbons (Fsp3) is 0.333. The molecule has 0 radical (unpaired) electrons. The highest BCUT2D eigenvalue weighted by atomic mass is 32.1. The van der Waals surface area contributed by atoms with Crippen molar-refractivity contribution in [3.8, 4) is 11.6 Å². The summed E-state index contributed by atoms with van der Waals surface area (Å²) in [6, 6.07) is 9.63. The van der Waals surface area contributed by atoms with Crippen molar-refractivity contribution in [3.05, 3.63) is 30.3 Å². The second-order valence-corrected chi connectivity index (χ2v) is 4.44. The molecule has 94 valence electrons. The minimum absolute atomic E-state index is 0.577. The maximum atomic E-state index is 5.76. The van der Waals surface area contributed by atoms with Crippen LogP contribution in [0, 0.1) is 0 Å². The Morgan fingerprint density at radius 2 is 1.89 bits per heavy atom. The van der Waals surface area contributed by atoms with E-state index in [1.165, 1.54) is 11.7 Å². The number of rotatable bonds is 3. The maximum Gasteiger partial charge on any atom is 0.276 e. The number of para-hydroxylation sites is 1. The van der Waals surface area contributed by atoms with Crippen LogP contribution in [0.5, 0.6) is 11.6 Å². The van der Waals surface area contributed by atoms with Crippen LogP contribution >= 0.6 is 11.7 Å². The van der Waals surface area contributed by atoms with E-state index < -0.39 is 0 Å². The van der Waals surface area contributed by atoms with Crippen LogP contribution in [0.15, 0.2) is 30.3 Å². The SMILES string of the molecule is c1ccc(Oc2nsnc2N2CCOCC2)cc1. The van der Waals surface area contributed by atoms with Crippen molar-refractivity contribution in [2.24, 2.45) is 0 Å². The zero-order valence-electron chi connectivity index (χ0n) is 9.78. The molecule has 0 N–H and O–H groups in total.